The average molecular weight is 402 g/mol. The molecule has 0 aliphatic carbocycles. The van der Waals surface area contributed by atoms with Gasteiger partial charge in [-0.05, 0) is 32.0 Å². The fourth-order valence-electron chi connectivity index (χ4n) is 2.85. The molecule has 0 saturated carbocycles. The first-order valence-corrected chi connectivity index (χ1v) is 8.93. The molecule has 8 nitrogen and oxygen atoms in total. The molecule has 2 rings (SSSR count). The number of carbonyl (C=O) groups is 2. The van der Waals surface area contributed by atoms with E-state index in [1.807, 2.05) is 32.0 Å². The highest BCUT2D eigenvalue weighted by Crippen LogP contribution is 2.38. The van der Waals surface area contributed by atoms with E-state index in [4.69, 9.17) is 24.7 Å². The fraction of sp³-hybridized carbons (Fsp3) is 0.333. The number of primary amides is 1. The summed E-state index contributed by atoms with van der Waals surface area (Å²) in [6, 6.07) is 8.48. The monoisotopic (exact) mass is 402 g/mol. The Hall–Kier alpha value is -3.42. The second kappa shape index (κ2) is 9.68. The summed E-state index contributed by atoms with van der Waals surface area (Å²) in [6.07, 6.45) is 0. The standard InChI is InChI=1S/C21H26N2O6/c1-12-6-7-16(26-3)15(8-12)13(2)23-21(25)14-9-17(27-4)20(18(10-14)28-5)29-11-19(22)24/h6-10,13H,11H2,1-5H3,(H2,22,24)(H,23,25). The van der Waals surface area contributed by atoms with Crippen molar-refractivity contribution in [2.75, 3.05) is 27.9 Å². The first-order valence-electron chi connectivity index (χ1n) is 8.93. The number of hydrogen-bond acceptors (Lipinski definition) is 6. The van der Waals surface area contributed by atoms with E-state index in [-0.39, 0.29) is 35.8 Å². The van der Waals surface area contributed by atoms with Crippen LogP contribution >= 0.6 is 0 Å². The molecular weight excluding hydrogens is 376 g/mol. The van der Waals surface area contributed by atoms with Crippen LogP contribution in [0.5, 0.6) is 23.0 Å². The zero-order chi connectivity index (χ0) is 21.6. The third kappa shape index (κ3) is 5.31. The molecule has 0 aromatic heterocycles. The normalized spacial score (nSPS) is 11.3. The quantitative estimate of drug-likeness (QED) is 0.667. The van der Waals surface area contributed by atoms with Crippen molar-refractivity contribution in [2.45, 2.75) is 19.9 Å². The Morgan fingerprint density at radius 3 is 2.10 bits per heavy atom. The van der Waals surface area contributed by atoms with Crippen LogP contribution in [0.15, 0.2) is 30.3 Å². The number of amides is 2. The van der Waals surface area contributed by atoms with Crippen molar-refractivity contribution in [3.8, 4) is 23.0 Å². The summed E-state index contributed by atoms with van der Waals surface area (Å²) in [5, 5.41) is 2.94. The SMILES string of the molecule is COc1ccc(C)cc1C(C)NC(=O)c1cc(OC)c(OCC(N)=O)c(OC)c1. The molecule has 2 aromatic carbocycles. The Balaban J connectivity index is 2.30. The maximum Gasteiger partial charge on any atom is 0.255 e. The number of rotatable bonds is 9. The molecule has 0 aliphatic rings. The van der Waals surface area contributed by atoms with Crippen LogP contribution in [0.3, 0.4) is 0 Å². The number of nitrogens with one attached hydrogen (secondary N) is 1. The molecule has 0 radical (unpaired) electrons. The van der Waals surface area contributed by atoms with E-state index in [2.05, 4.69) is 5.32 Å². The molecule has 29 heavy (non-hydrogen) atoms. The van der Waals surface area contributed by atoms with Crippen molar-refractivity contribution < 1.29 is 28.5 Å². The van der Waals surface area contributed by atoms with Gasteiger partial charge < -0.3 is 30.0 Å². The molecule has 1 unspecified atom stereocenters. The summed E-state index contributed by atoms with van der Waals surface area (Å²) >= 11 is 0. The number of hydrogen-bond donors (Lipinski definition) is 2. The van der Waals surface area contributed by atoms with Crippen LogP contribution < -0.4 is 30.0 Å². The van der Waals surface area contributed by atoms with Crippen molar-refractivity contribution in [1.29, 1.82) is 0 Å². The van der Waals surface area contributed by atoms with Crippen molar-refractivity contribution in [3.05, 3.63) is 47.0 Å². The molecule has 1 atom stereocenters. The number of ether oxygens (including phenoxy) is 4. The number of methoxy groups -OCH3 is 3. The van der Waals surface area contributed by atoms with E-state index in [0.29, 0.717) is 11.3 Å². The Morgan fingerprint density at radius 1 is 1.00 bits per heavy atom. The molecule has 0 heterocycles. The number of benzene rings is 2. The molecular formula is C21H26N2O6. The van der Waals surface area contributed by atoms with Gasteiger partial charge in [-0.1, -0.05) is 17.7 Å². The smallest absolute Gasteiger partial charge is 0.255 e. The highest BCUT2D eigenvalue weighted by atomic mass is 16.5. The molecule has 2 amide bonds. The summed E-state index contributed by atoms with van der Waals surface area (Å²) in [4.78, 5) is 23.9. The number of carbonyl (C=O) groups excluding carboxylic acids is 2. The van der Waals surface area contributed by atoms with Crippen molar-refractivity contribution >= 4 is 11.8 Å². The third-order valence-electron chi connectivity index (χ3n) is 4.28. The van der Waals surface area contributed by atoms with Gasteiger partial charge in [0.15, 0.2) is 18.1 Å². The van der Waals surface area contributed by atoms with Gasteiger partial charge in [-0.3, -0.25) is 9.59 Å². The molecule has 2 aromatic rings. The van der Waals surface area contributed by atoms with E-state index in [1.165, 1.54) is 26.4 Å². The summed E-state index contributed by atoms with van der Waals surface area (Å²) in [6.45, 7) is 3.49. The first kappa shape index (κ1) is 21.9. The van der Waals surface area contributed by atoms with Gasteiger partial charge in [-0.2, -0.15) is 0 Å². The molecule has 8 heteroatoms. The predicted octanol–water partition coefficient (Wildman–Crippen LogP) is 2.38. The van der Waals surface area contributed by atoms with Gasteiger partial charge in [0.05, 0.1) is 27.4 Å². The summed E-state index contributed by atoms with van der Waals surface area (Å²) in [7, 11) is 4.44. The van der Waals surface area contributed by atoms with Crippen LogP contribution in [0.1, 0.15) is 34.5 Å². The molecule has 0 spiro atoms. The Morgan fingerprint density at radius 2 is 1.59 bits per heavy atom. The van der Waals surface area contributed by atoms with Gasteiger partial charge in [0, 0.05) is 11.1 Å². The van der Waals surface area contributed by atoms with E-state index >= 15 is 0 Å². The Bertz CT molecular complexity index is 872. The highest BCUT2D eigenvalue weighted by molar-refractivity contribution is 5.96. The molecule has 0 fully saturated rings. The molecule has 0 saturated heterocycles. The average Bonchev–Trinajstić information content (AvgIpc) is 2.71. The van der Waals surface area contributed by atoms with E-state index < -0.39 is 5.91 Å². The van der Waals surface area contributed by atoms with Gasteiger partial charge in [0.2, 0.25) is 5.75 Å². The van der Waals surface area contributed by atoms with Crippen LogP contribution in [0.4, 0.5) is 0 Å². The van der Waals surface area contributed by atoms with Gasteiger partial charge in [-0.15, -0.1) is 0 Å². The zero-order valence-electron chi connectivity index (χ0n) is 17.2. The van der Waals surface area contributed by atoms with E-state index in [1.54, 1.807) is 7.11 Å². The minimum atomic E-state index is -0.642. The lowest BCUT2D eigenvalue weighted by atomic mass is 10.0. The van der Waals surface area contributed by atoms with Crippen LogP contribution in [0.2, 0.25) is 0 Å². The topological polar surface area (TPSA) is 109 Å². The first-order chi connectivity index (χ1) is 13.8. The van der Waals surface area contributed by atoms with E-state index in [0.717, 1.165) is 11.1 Å². The Kier molecular flexibility index (Phi) is 7.30. The lowest BCUT2D eigenvalue weighted by Gasteiger charge is -2.19. The van der Waals surface area contributed by atoms with Crippen LogP contribution in [-0.4, -0.2) is 39.8 Å². The summed E-state index contributed by atoms with van der Waals surface area (Å²) in [5.74, 6) is 0.400. The number of nitrogens with two attached hydrogens (primary N) is 1. The van der Waals surface area contributed by atoms with Crippen molar-refractivity contribution in [1.82, 2.24) is 5.32 Å². The maximum atomic E-state index is 12.8. The van der Waals surface area contributed by atoms with Crippen molar-refractivity contribution in [2.24, 2.45) is 5.73 Å². The highest BCUT2D eigenvalue weighted by Gasteiger charge is 2.20. The van der Waals surface area contributed by atoms with Gasteiger partial charge in [-0.25, -0.2) is 0 Å². The van der Waals surface area contributed by atoms with Gasteiger partial charge >= 0.3 is 0 Å². The van der Waals surface area contributed by atoms with Crippen LogP contribution in [0.25, 0.3) is 0 Å². The second-order valence-electron chi connectivity index (χ2n) is 6.41. The lowest BCUT2D eigenvalue weighted by molar-refractivity contribution is -0.120. The molecule has 0 aliphatic heterocycles. The minimum absolute atomic E-state index is 0.193. The van der Waals surface area contributed by atoms with Crippen LogP contribution in [0, 0.1) is 6.92 Å². The largest absolute Gasteiger partial charge is 0.496 e. The predicted molar refractivity (Wildman–Crippen MR) is 108 cm³/mol. The van der Waals surface area contributed by atoms with Crippen LogP contribution in [-0.2, 0) is 4.79 Å². The number of aryl methyl sites for hydroxylation is 1. The molecule has 3 N–H and O–H groups in total. The van der Waals surface area contributed by atoms with Gasteiger partial charge in [0.25, 0.3) is 11.8 Å². The minimum Gasteiger partial charge on any atom is -0.496 e. The summed E-state index contributed by atoms with van der Waals surface area (Å²) < 4.78 is 21.4. The Labute approximate surface area is 169 Å². The zero-order valence-corrected chi connectivity index (χ0v) is 17.2. The summed E-state index contributed by atoms with van der Waals surface area (Å²) in [5.41, 5.74) is 7.35. The third-order valence-corrected chi connectivity index (χ3v) is 4.28. The lowest BCUT2D eigenvalue weighted by Crippen LogP contribution is -2.27. The fourth-order valence-corrected chi connectivity index (χ4v) is 2.85. The van der Waals surface area contributed by atoms with Crippen molar-refractivity contribution in [3.63, 3.8) is 0 Å². The maximum absolute atomic E-state index is 12.8. The molecule has 156 valence electrons. The molecule has 0 bridgehead atoms. The second-order valence-corrected chi connectivity index (χ2v) is 6.41. The van der Waals surface area contributed by atoms with E-state index in [9.17, 15) is 9.59 Å². The van der Waals surface area contributed by atoms with Gasteiger partial charge in [0.1, 0.15) is 5.75 Å².